The zero-order valence-corrected chi connectivity index (χ0v) is 16.8. The average Bonchev–Trinajstić information content (AvgIpc) is 3.48. The summed E-state index contributed by atoms with van der Waals surface area (Å²) in [5, 5.41) is 9.16. The Bertz CT molecular complexity index is 1410. The summed E-state index contributed by atoms with van der Waals surface area (Å²) in [6, 6.07) is 4.07. The Labute approximate surface area is 182 Å². The molecule has 1 aliphatic rings. The van der Waals surface area contributed by atoms with Gasteiger partial charge >= 0.3 is 6.18 Å². The lowest BCUT2D eigenvalue weighted by Crippen LogP contribution is -2.28. The lowest BCUT2D eigenvalue weighted by molar-refractivity contribution is -0.137. The van der Waals surface area contributed by atoms with Crippen LogP contribution >= 0.6 is 0 Å². The molecule has 1 aliphatic heterocycles. The van der Waals surface area contributed by atoms with E-state index in [2.05, 4.69) is 35.7 Å². The number of hydrogen-bond donors (Lipinski definition) is 3. The SMILES string of the molecule is C[C@@H](NC(=O)c1ncnc2c1CC(=O)N2)c1cc(-c2nc3ccc(C(F)(F)F)cc3[nH]2)no1. The Morgan fingerprint density at radius 2 is 2.06 bits per heavy atom. The molecule has 5 rings (SSSR count). The minimum Gasteiger partial charge on any atom is -0.358 e. The van der Waals surface area contributed by atoms with Gasteiger partial charge in [-0.15, -0.1) is 0 Å². The van der Waals surface area contributed by atoms with Crippen molar-refractivity contribution in [1.29, 1.82) is 0 Å². The number of fused-ring (bicyclic) bond motifs is 2. The van der Waals surface area contributed by atoms with Gasteiger partial charge in [0, 0.05) is 11.6 Å². The third-order valence-corrected chi connectivity index (χ3v) is 5.11. The number of amides is 2. The second-order valence-electron chi connectivity index (χ2n) is 7.40. The molecule has 10 nitrogen and oxygen atoms in total. The fraction of sp³-hybridized carbons (Fsp3) is 0.200. The van der Waals surface area contributed by atoms with Gasteiger partial charge < -0.3 is 20.1 Å². The molecule has 33 heavy (non-hydrogen) atoms. The first kappa shape index (κ1) is 20.6. The molecule has 0 bridgehead atoms. The maximum atomic E-state index is 12.9. The largest absolute Gasteiger partial charge is 0.416 e. The van der Waals surface area contributed by atoms with E-state index in [4.69, 9.17) is 4.52 Å². The summed E-state index contributed by atoms with van der Waals surface area (Å²) >= 11 is 0. The van der Waals surface area contributed by atoms with Crippen molar-refractivity contribution < 1.29 is 27.3 Å². The predicted molar refractivity (Wildman–Crippen MR) is 107 cm³/mol. The molecular formula is C20H14F3N7O3. The van der Waals surface area contributed by atoms with Crippen LogP contribution in [0.4, 0.5) is 19.0 Å². The Morgan fingerprint density at radius 3 is 2.85 bits per heavy atom. The lowest BCUT2D eigenvalue weighted by Gasteiger charge is -2.11. The number of alkyl halides is 3. The monoisotopic (exact) mass is 457 g/mol. The van der Waals surface area contributed by atoms with Crippen LogP contribution in [0.1, 0.15) is 40.3 Å². The first-order valence-corrected chi connectivity index (χ1v) is 9.67. The number of imidazole rings is 1. The highest BCUT2D eigenvalue weighted by atomic mass is 19.4. The number of halogens is 3. The minimum atomic E-state index is -4.47. The topological polar surface area (TPSA) is 139 Å². The summed E-state index contributed by atoms with van der Waals surface area (Å²) in [4.78, 5) is 39.2. The van der Waals surface area contributed by atoms with Gasteiger partial charge in [-0.3, -0.25) is 9.59 Å². The molecule has 0 aliphatic carbocycles. The number of carbonyl (C=O) groups is 2. The van der Waals surface area contributed by atoms with E-state index in [1.165, 1.54) is 18.5 Å². The molecule has 0 saturated heterocycles. The molecule has 0 unspecified atom stereocenters. The molecule has 1 aromatic carbocycles. The number of nitrogens with one attached hydrogen (secondary N) is 3. The van der Waals surface area contributed by atoms with E-state index in [9.17, 15) is 22.8 Å². The molecule has 0 radical (unpaired) electrons. The van der Waals surface area contributed by atoms with E-state index < -0.39 is 23.7 Å². The second-order valence-corrected chi connectivity index (χ2v) is 7.40. The van der Waals surface area contributed by atoms with Crippen LogP contribution in [0.15, 0.2) is 35.1 Å². The quantitative estimate of drug-likeness (QED) is 0.428. The maximum absolute atomic E-state index is 12.9. The summed E-state index contributed by atoms with van der Waals surface area (Å²) in [6.45, 7) is 1.65. The molecule has 3 N–H and O–H groups in total. The second kappa shape index (κ2) is 7.39. The first-order valence-electron chi connectivity index (χ1n) is 9.67. The van der Waals surface area contributed by atoms with Gasteiger partial charge in [-0.05, 0) is 25.1 Å². The number of anilines is 1. The van der Waals surface area contributed by atoms with Gasteiger partial charge in [-0.2, -0.15) is 13.2 Å². The molecular weight excluding hydrogens is 443 g/mol. The minimum absolute atomic E-state index is 0.00185. The Kier molecular flexibility index (Phi) is 4.62. The van der Waals surface area contributed by atoms with Gasteiger partial charge in [0.2, 0.25) is 5.91 Å². The van der Waals surface area contributed by atoms with E-state index in [1.54, 1.807) is 6.92 Å². The van der Waals surface area contributed by atoms with Crippen molar-refractivity contribution >= 4 is 28.7 Å². The molecule has 3 aromatic heterocycles. The van der Waals surface area contributed by atoms with Crippen molar-refractivity contribution in [2.24, 2.45) is 0 Å². The van der Waals surface area contributed by atoms with Gasteiger partial charge in [0.1, 0.15) is 23.5 Å². The lowest BCUT2D eigenvalue weighted by atomic mass is 10.1. The van der Waals surface area contributed by atoms with Crippen LogP contribution in [0.5, 0.6) is 0 Å². The highest BCUT2D eigenvalue weighted by molar-refractivity contribution is 6.03. The third-order valence-electron chi connectivity index (χ3n) is 5.11. The molecule has 4 heterocycles. The number of rotatable bonds is 4. The Morgan fingerprint density at radius 1 is 1.24 bits per heavy atom. The number of benzene rings is 1. The van der Waals surface area contributed by atoms with Crippen molar-refractivity contribution in [3.8, 4) is 11.5 Å². The predicted octanol–water partition coefficient (Wildman–Crippen LogP) is 3.01. The van der Waals surface area contributed by atoms with Crippen molar-refractivity contribution in [1.82, 2.24) is 30.4 Å². The van der Waals surface area contributed by atoms with Crippen LogP contribution < -0.4 is 10.6 Å². The van der Waals surface area contributed by atoms with E-state index >= 15 is 0 Å². The molecule has 0 fully saturated rings. The van der Waals surface area contributed by atoms with Crippen molar-refractivity contribution in [2.75, 3.05) is 5.32 Å². The van der Waals surface area contributed by atoms with Gasteiger partial charge in [0.15, 0.2) is 11.6 Å². The molecule has 0 spiro atoms. The molecule has 13 heteroatoms. The zero-order chi connectivity index (χ0) is 23.3. The van der Waals surface area contributed by atoms with Crippen LogP contribution in [-0.2, 0) is 17.4 Å². The van der Waals surface area contributed by atoms with Gasteiger partial charge in [0.05, 0.1) is 29.1 Å². The number of aromatic amines is 1. The zero-order valence-electron chi connectivity index (χ0n) is 16.8. The van der Waals surface area contributed by atoms with E-state index in [0.29, 0.717) is 16.9 Å². The molecule has 0 saturated carbocycles. The van der Waals surface area contributed by atoms with Crippen LogP contribution in [-0.4, -0.2) is 36.9 Å². The van der Waals surface area contributed by atoms with E-state index in [0.717, 1.165) is 12.1 Å². The number of nitrogens with zero attached hydrogens (tertiary/aromatic N) is 4. The van der Waals surface area contributed by atoms with Crippen LogP contribution in [0.3, 0.4) is 0 Å². The first-order chi connectivity index (χ1) is 15.7. The molecule has 4 aromatic rings. The fourth-order valence-corrected chi connectivity index (χ4v) is 3.47. The number of aromatic nitrogens is 5. The normalized spacial score (nSPS) is 14.2. The smallest absolute Gasteiger partial charge is 0.358 e. The van der Waals surface area contributed by atoms with E-state index in [1.807, 2.05) is 0 Å². The van der Waals surface area contributed by atoms with Crippen molar-refractivity contribution in [3.05, 3.63) is 53.2 Å². The highest BCUT2D eigenvalue weighted by Gasteiger charge is 2.31. The van der Waals surface area contributed by atoms with Crippen LogP contribution in [0, 0.1) is 0 Å². The summed E-state index contributed by atoms with van der Waals surface area (Å²) in [5.41, 5.74) is 0.480. The van der Waals surface area contributed by atoms with Crippen LogP contribution in [0.25, 0.3) is 22.6 Å². The summed E-state index contributed by atoms with van der Waals surface area (Å²) < 4.78 is 44.1. The van der Waals surface area contributed by atoms with Gasteiger partial charge in [-0.25, -0.2) is 15.0 Å². The Balaban J connectivity index is 1.35. The number of hydrogen-bond acceptors (Lipinski definition) is 7. The molecule has 2 amide bonds. The Hall–Kier alpha value is -4.29. The molecule has 1 atom stereocenters. The van der Waals surface area contributed by atoms with Crippen molar-refractivity contribution in [2.45, 2.75) is 25.6 Å². The summed E-state index contributed by atoms with van der Waals surface area (Å²) in [6.07, 6.45) is -3.29. The van der Waals surface area contributed by atoms with E-state index in [-0.39, 0.29) is 40.8 Å². The number of carbonyl (C=O) groups excluding carboxylic acids is 2. The highest BCUT2D eigenvalue weighted by Crippen LogP contribution is 2.32. The van der Waals surface area contributed by atoms with Gasteiger partial charge in [-0.1, -0.05) is 5.16 Å². The summed E-state index contributed by atoms with van der Waals surface area (Å²) in [7, 11) is 0. The average molecular weight is 457 g/mol. The summed E-state index contributed by atoms with van der Waals surface area (Å²) in [5.74, 6) is -0.00116. The van der Waals surface area contributed by atoms with Crippen LogP contribution in [0.2, 0.25) is 0 Å². The fourth-order valence-electron chi connectivity index (χ4n) is 3.47. The third kappa shape index (κ3) is 3.77. The van der Waals surface area contributed by atoms with Crippen molar-refractivity contribution in [3.63, 3.8) is 0 Å². The number of H-pyrrole nitrogens is 1. The standard InChI is InChI=1S/C20H14F3N7O3/c1-8(26-19(32)16-10-5-15(31)29-17(10)25-7-24-16)14-6-13(30-33-14)18-27-11-3-2-9(20(21,22)23)4-12(11)28-18/h2-4,6-8H,5H2,1H3,(H,26,32)(H,27,28)(H,24,25,29,31)/t8-/m1/s1. The van der Waals surface area contributed by atoms with Gasteiger partial charge in [0.25, 0.3) is 5.91 Å². The molecule has 168 valence electrons. The maximum Gasteiger partial charge on any atom is 0.416 e.